The van der Waals surface area contributed by atoms with Crippen molar-refractivity contribution in [3.8, 4) is 0 Å². The minimum atomic E-state index is -1.96. The Bertz CT molecular complexity index is 565. The summed E-state index contributed by atoms with van der Waals surface area (Å²) in [4.78, 5) is 12.6. The van der Waals surface area contributed by atoms with Crippen LogP contribution in [0.2, 0.25) is 18.1 Å². The van der Waals surface area contributed by atoms with Gasteiger partial charge < -0.3 is 18.6 Å². The molecule has 0 aromatic heterocycles. The highest BCUT2D eigenvalue weighted by Gasteiger charge is 2.59. The van der Waals surface area contributed by atoms with Crippen molar-refractivity contribution in [3.05, 3.63) is 24.8 Å². The molecular formula is C20H34O5Si. The summed E-state index contributed by atoms with van der Waals surface area (Å²) in [6, 6.07) is 0. The molecule has 0 radical (unpaired) electrons. The number of carbonyl (C=O) groups excluding carboxylic acids is 1. The molecule has 26 heavy (non-hydrogen) atoms. The lowest BCUT2D eigenvalue weighted by atomic mass is 9.89. The fourth-order valence-corrected chi connectivity index (χ4v) is 4.10. The van der Waals surface area contributed by atoms with Gasteiger partial charge in [-0.15, -0.1) is 6.58 Å². The normalized spacial score (nSPS) is 32.0. The molecule has 1 fully saturated rings. The molecule has 0 N–H and O–H groups in total. The lowest BCUT2D eigenvalue weighted by molar-refractivity contribution is -0.237. The maximum absolute atomic E-state index is 12.6. The molecule has 2 aliphatic heterocycles. The maximum atomic E-state index is 12.6. The molecule has 1 spiro atoms. The van der Waals surface area contributed by atoms with Crippen LogP contribution < -0.4 is 0 Å². The molecule has 0 amide bonds. The summed E-state index contributed by atoms with van der Waals surface area (Å²) >= 11 is 0. The molecule has 0 aromatic rings. The van der Waals surface area contributed by atoms with E-state index in [1.54, 1.807) is 13.0 Å². The average molecular weight is 383 g/mol. The summed E-state index contributed by atoms with van der Waals surface area (Å²) in [6.07, 6.45) is 6.86. The van der Waals surface area contributed by atoms with Crippen LogP contribution in [0.4, 0.5) is 0 Å². The zero-order valence-electron chi connectivity index (χ0n) is 17.1. The van der Waals surface area contributed by atoms with E-state index in [1.165, 1.54) is 0 Å². The molecule has 0 saturated carbocycles. The van der Waals surface area contributed by atoms with Crippen LogP contribution in [0.1, 0.15) is 40.5 Å². The van der Waals surface area contributed by atoms with Gasteiger partial charge in [0.05, 0.1) is 19.8 Å². The first-order valence-electron chi connectivity index (χ1n) is 9.47. The smallest absolute Gasteiger partial charge is 0.314 e. The first-order chi connectivity index (χ1) is 12.0. The Morgan fingerprint density at radius 1 is 1.42 bits per heavy atom. The van der Waals surface area contributed by atoms with Gasteiger partial charge in [0.15, 0.2) is 8.32 Å². The van der Waals surface area contributed by atoms with Crippen molar-refractivity contribution in [1.29, 1.82) is 0 Å². The molecule has 6 heteroatoms. The second-order valence-corrected chi connectivity index (χ2v) is 13.5. The largest absolute Gasteiger partial charge is 0.466 e. The topological polar surface area (TPSA) is 54.0 Å². The highest BCUT2D eigenvalue weighted by atomic mass is 28.4. The van der Waals surface area contributed by atoms with E-state index < -0.39 is 25.6 Å². The first-order valence-corrected chi connectivity index (χ1v) is 12.4. The van der Waals surface area contributed by atoms with E-state index >= 15 is 0 Å². The number of ether oxygens (including phenoxy) is 3. The predicted molar refractivity (Wildman–Crippen MR) is 104 cm³/mol. The molecule has 0 bridgehead atoms. The Labute approximate surface area is 158 Å². The van der Waals surface area contributed by atoms with Crippen molar-refractivity contribution in [3.63, 3.8) is 0 Å². The molecule has 0 aromatic carbocycles. The fourth-order valence-electron chi connectivity index (χ4n) is 3.06. The van der Waals surface area contributed by atoms with Crippen LogP contribution in [-0.4, -0.2) is 45.5 Å². The molecule has 2 aliphatic rings. The van der Waals surface area contributed by atoms with E-state index in [0.717, 1.165) is 6.42 Å². The van der Waals surface area contributed by atoms with E-state index in [4.69, 9.17) is 18.6 Å². The SMILES string of the molecule is C=C[C@]1(CO[Si](C)(C)C(C)(C)C)C[C@H](C(=O)OCC)C2(C=CCCO2)O1. The van der Waals surface area contributed by atoms with Gasteiger partial charge >= 0.3 is 5.97 Å². The molecule has 1 saturated heterocycles. The number of hydrogen-bond donors (Lipinski definition) is 0. The maximum Gasteiger partial charge on any atom is 0.314 e. The molecule has 5 nitrogen and oxygen atoms in total. The van der Waals surface area contributed by atoms with E-state index in [9.17, 15) is 4.79 Å². The molecule has 1 unspecified atom stereocenters. The van der Waals surface area contributed by atoms with Crippen LogP contribution in [0.5, 0.6) is 0 Å². The van der Waals surface area contributed by atoms with Crippen molar-refractivity contribution in [2.24, 2.45) is 5.92 Å². The van der Waals surface area contributed by atoms with Gasteiger partial charge in [0.2, 0.25) is 5.79 Å². The average Bonchev–Trinajstić information content (AvgIpc) is 2.88. The Hall–Kier alpha value is -0.953. The lowest BCUT2D eigenvalue weighted by Crippen LogP contribution is -2.47. The van der Waals surface area contributed by atoms with Crippen LogP contribution in [0.25, 0.3) is 0 Å². The second-order valence-electron chi connectivity index (χ2n) is 8.69. The third-order valence-corrected chi connectivity index (χ3v) is 10.3. The van der Waals surface area contributed by atoms with Crippen molar-refractivity contribution < 1.29 is 23.4 Å². The molecule has 2 heterocycles. The minimum absolute atomic E-state index is 0.0907. The van der Waals surface area contributed by atoms with Crippen LogP contribution in [-0.2, 0) is 23.4 Å². The zero-order valence-corrected chi connectivity index (χ0v) is 18.1. The van der Waals surface area contributed by atoms with Crippen molar-refractivity contribution in [2.45, 2.75) is 70.1 Å². The van der Waals surface area contributed by atoms with E-state index in [1.807, 2.05) is 12.2 Å². The van der Waals surface area contributed by atoms with Gasteiger partial charge in [-0.25, -0.2) is 0 Å². The van der Waals surface area contributed by atoms with Crippen LogP contribution >= 0.6 is 0 Å². The highest BCUT2D eigenvalue weighted by molar-refractivity contribution is 6.74. The van der Waals surface area contributed by atoms with Crippen molar-refractivity contribution >= 4 is 14.3 Å². The van der Waals surface area contributed by atoms with Gasteiger partial charge in [-0.2, -0.15) is 0 Å². The quantitative estimate of drug-likeness (QED) is 0.391. The van der Waals surface area contributed by atoms with Crippen molar-refractivity contribution in [2.75, 3.05) is 19.8 Å². The fraction of sp³-hybridized carbons (Fsp3) is 0.750. The molecule has 0 aliphatic carbocycles. The lowest BCUT2D eigenvalue weighted by Gasteiger charge is -2.40. The molecule has 3 atom stereocenters. The summed E-state index contributed by atoms with van der Waals surface area (Å²) in [5, 5.41) is 0.0907. The molecular weight excluding hydrogens is 348 g/mol. The van der Waals surface area contributed by atoms with Gasteiger partial charge in [0.25, 0.3) is 0 Å². The second kappa shape index (κ2) is 7.58. The summed E-state index contributed by atoms with van der Waals surface area (Å²) < 4.78 is 24.0. The summed E-state index contributed by atoms with van der Waals surface area (Å²) in [5.41, 5.74) is -0.769. The third kappa shape index (κ3) is 4.14. The van der Waals surface area contributed by atoms with Crippen molar-refractivity contribution in [1.82, 2.24) is 0 Å². The molecule has 2 rings (SSSR count). The first kappa shape index (κ1) is 21.3. The number of rotatable bonds is 6. The molecule has 148 valence electrons. The van der Waals surface area contributed by atoms with Crippen LogP contribution in [0, 0.1) is 5.92 Å². The van der Waals surface area contributed by atoms with Gasteiger partial charge in [-0.3, -0.25) is 4.79 Å². The van der Waals surface area contributed by atoms with E-state index in [0.29, 0.717) is 26.2 Å². The van der Waals surface area contributed by atoms with Gasteiger partial charge in [-0.05, 0) is 37.6 Å². The van der Waals surface area contributed by atoms with E-state index in [2.05, 4.69) is 40.4 Å². The Kier molecular flexibility index (Phi) is 6.22. The Balaban J connectivity index is 2.26. The summed E-state index contributed by atoms with van der Waals surface area (Å²) in [5.74, 6) is -1.91. The number of hydrogen-bond acceptors (Lipinski definition) is 5. The third-order valence-electron chi connectivity index (χ3n) is 5.79. The van der Waals surface area contributed by atoms with Gasteiger partial charge in [0, 0.05) is 6.42 Å². The summed E-state index contributed by atoms with van der Waals surface area (Å²) in [6.45, 7) is 18.0. The van der Waals surface area contributed by atoms with Gasteiger partial charge in [0.1, 0.15) is 11.5 Å². The Morgan fingerprint density at radius 2 is 2.12 bits per heavy atom. The summed E-state index contributed by atoms with van der Waals surface area (Å²) in [7, 11) is -1.96. The van der Waals surface area contributed by atoms with Gasteiger partial charge in [-0.1, -0.05) is 32.9 Å². The van der Waals surface area contributed by atoms with Crippen LogP contribution in [0.3, 0.4) is 0 Å². The Morgan fingerprint density at radius 3 is 2.62 bits per heavy atom. The number of esters is 1. The monoisotopic (exact) mass is 382 g/mol. The van der Waals surface area contributed by atoms with Crippen LogP contribution in [0.15, 0.2) is 24.8 Å². The number of carbonyl (C=O) groups is 1. The minimum Gasteiger partial charge on any atom is -0.466 e. The highest BCUT2D eigenvalue weighted by Crippen LogP contribution is 2.48. The predicted octanol–water partition coefficient (Wildman–Crippen LogP) is 4.21. The van der Waals surface area contributed by atoms with E-state index in [-0.39, 0.29) is 11.0 Å². The zero-order chi connectivity index (χ0) is 19.6. The standard InChI is InChI=1S/C20H34O5Si/c1-8-19(15-24-26(6,7)18(3,4)5)14-16(17(21)22-9-2)20(25-19)12-10-11-13-23-20/h8,10,12,16H,1,9,11,13-15H2,2-7H3/t16-,19-,20?/m1/s1.